The number of esters is 1. The number of aryl methyl sites for hydroxylation is 2. The van der Waals surface area contributed by atoms with Gasteiger partial charge in [-0.2, -0.15) is 0 Å². The zero-order valence-corrected chi connectivity index (χ0v) is 20.2. The van der Waals surface area contributed by atoms with Gasteiger partial charge in [0.25, 0.3) is 0 Å². The van der Waals surface area contributed by atoms with Gasteiger partial charge < -0.3 is 4.74 Å². The summed E-state index contributed by atoms with van der Waals surface area (Å²) in [6, 6.07) is 16.7. The Kier molecular flexibility index (Phi) is 9.81. The van der Waals surface area contributed by atoms with Gasteiger partial charge in [-0.1, -0.05) is 76.3 Å². The summed E-state index contributed by atoms with van der Waals surface area (Å²) in [5.74, 6) is -1.45. The predicted molar refractivity (Wildman–Crippen MR) is 134 cm³/mol. The molecule has 0 aromatic heterocycles. The fourth-order valence-corrected chi connectivity index (χ4v) is 3.97. The van der Waals surface area contributed by atoms with Gasteiger partial charge in [-0.25, -0.2) is 13.6 Å². The molecule has 0 aliphatic rings. The standard InChI is InChI=1S/C30H34F2O2/c1-3-5-7-8-9-11-24-15-18-26(21-27(24)31)23-13-16-25(17-14-23)30(33)34-29-19-12-22(10-6-4-2)20-28(29)32/h12-21H,3-11H2,1-2H3. The van der Waals surface area contributed by atoms with Gasteiger partial charge in [0.15, 0.2) is 11.6 Å². The number of benzene rings is 3. The van der Waals surface area contributed by atoms with Crippen LogP contribution in [0.25, 0.3) is 11.1 Å². The van der Waals surface area contributed by atoms with Gasteiger partial charge in [0.1, 0.15) is 5.82 Å². The first-order valence-corrected chi connectivity index (χ1v) is 12.4. The van der Waals surface area contributed by atoms with Crippen LogP contribution in [0.1, 0.15) is 80.3 Å². The third-order valence-electron chi connectivity index (χ3n) is 6.07. The molecule has 0 amide bonds. The van der Waals surface area contributed by atoms with Crippen LogP contribution >= 0.6 is 0 Å². The number of halogens is 2. The molecule has 0 bridgehead atoms. The number of carbonyl (C=O) groups excluding carboxylic acids is 1. The second-order valence-corrected chi connectivity index (χ2v) is 8.81. The van der Waals surface area contributed by atoms with Crippen molar-refractivity contribution in [3.8, 4) is 16.9 Å². The fraction of sp³-hybridized carbons (Fsp3) is 0.367. The van der Waals surface area contributed by atoms with Crippen molar-refractivity contribution in [2.75, 3.05) is 0 Å². The van der Waals surface area contributed by atoms with Gasteiger partial charge in [-0.15, -0.1) is 0 Å². The average Bonchev–Trinajstić information content (AvgIpc) is 2.85. The summed E-state index contributed by atoms with van der Waals surface area (Å²) < 4.78 is 34.2. The molecule has 2 nitrogen and oxygen atoms in total. The molecule has 4 heteroatoms. The van der Waals surface area contributed by atoms with E-state index in [1.54, 1.807) is 36.4 Å². The molecule has 0 spiro atoms. The van der Waals surface area contributed by atoms with Crippen molar-refractivity contribution in [1.82, 2.24) is 0 Å². The van der Waals surface area contributed by atoms with Crippen molar-refractivity contribution < 1.29 is 18.3 Å². The topological polar surface area (TPSA) is 26.3 Å². The van der Waals surface area contributed by atoms with Crippen molar-refractivity contribution >= 4 is 5.97 Å². The molecule has 180 valence electrons. The second-order valence-electron chi connectivity index (χ2n) is 8.81. The molecule has 0 unspecified atom stereocenters. The Hall–Kier alpha value is -3.01. The van der Waals surface area contributed by atoms with Gasteiger partial charge in [-0.05, 0) is 78.3 Å². The highest BCUT2D eigenvalue weighted by atomic mass is 19.1. The molecule has 0 saturated heterocycles. The molecule has 0 heterocycles. The normalized spacial score (nSPS) is 10.9. The first-order valence-electron chi connectivity index (χ1n) is 12.4. The molecule has 3 aromatic rings. The van der Waals surface area contributed by atoms with Crippen molar-refractivity contribution in [3.63, 3.8) is 0 Å². The molecule has 0 fully saturated rings. The third kappa shape index (κ3) is 7.24. The van der Waals surface area contributed by atoms with Crippen LogP contribution in [0.2, 0.25) is 0 Å². The van der Waals surface area contributed by atoms with E-state index in [2.05, 4.69) is 13.8 Å². The van der Waals surface area contributed by atoms with Crippen LogP contribution in [0.15, 0.2) is 60.7 Å². The maximum atomic E-state index is 14.6. The van der Waals surface area contributed by atoms with Crippen LogP contribution in [0.5, 0.6) is 5.75 Å². The van der Waals surface area contributed by atoms with Crippen molar-refractivity contribution in [3.05, 3.63) is 89.0 Å². The summed E-state index contributed by atoms with van der Waals surface area (Å²) in [4.78, 5) is 12.5. The van der Waals surface area contributed by atoms with Gasteiger partial charge in [-0.3, -0.25) is 0 Å². The Morgan fingerprint density at radius 1 is 0.706 bits per heavy atom. The van der Waals surface area contributed by atoms with E-state index in [4.69, 9.17) is 4.74 Å². The van der Waals surface area contributed by atoms with Gasteiger partial charge in [0.2, 0.25) is 0 Å². The minimum atomic E-state index is -0.628. The summed E-state index contributed by atoms with van der Waals surface area (Å²) in [6.45, 7) is 4.26. The first-order chi connectivity index (χ1) is 16.5. The van der Waals surface area contributed by atoms with Crippen molar-refractivity contribution in [1.29, 1.82) is 0 Å². The minimum Gasteiger partial charge on any atom is -0.420 e. The zero-order valence-electron chi connectivity index (χ0n) is 20.2. The molecule has 0 atom stereocenters. The van der Waals surface area contributed by atoms with E-state index in [0.717, 1.165) is 60.8 Å². The van der Waals surface area contributed by atoms with Gasteiger partial charge in [0, 0.05) is 0 Å². The highest BCUT2D eigenvalue weighted by Crippen LogP contribution is 2.25. The van der Waals surface area contributed by atoms with Crippen LogP contribution in [-0.4, -0.2) is 5.97 Å². The van der Waals surface area contributed by atoms with Crippen LogP contribution < -0.4 is 4.74 Å². The molecule has 3 rings (SSSR count). The van der Waals surface area contributed by atoms with Crippen molar-refractivity contribution in [2.45, 2.75) is 71.6 Å². The molecular formula is C30H34F2O2. The largest absolute Gasteiger partial charge is 0.420 e. The highest BCUT2D eigenvalue weighted by Gasteiger charge is 2.13. The lowest BCUT2D eigenvalue weighted by Gasteiger charge is -2.09. The van der Waals surface area contributed by atoms with E-state index in [0.29, 0.717) is 5.56 Å². The first kappa shape index (κ1) is 25.6. The highest BCUT2D eigenvalue weighted by molar-refractivity contribution is 5.91. The van der Waals surface area contributed by atoms with E-state index in [9.17, 15) is 13.6 Å². The summed E-state index contributed by atoms with van der Waals surface area (Å²) in [6.07, 6.45) is 9.30. The minimum absolute atomic E-state index is 0.0818. The monoisotopic (exact) mass is 464 g/mol. The van der Waals surface area contributed by atoms with Gasteiger partial charge >= 0.3 is 5.97 Å². The Morgan fingerprint density at radius 3 is 2.09 bits per heavy atom. The lowest BCUT2D eigenvalue weighted by molar-refractivity contribution is 0.0728. The van der Waals surface area contributed by atoms with E-state index in [1.165, 1.54) is 31.4 Å². The Balaban J connectivity index is 1.61. The number of hydrogen-bond donors (Lipinski definition) is 0. The number of ether oxygens (including phenoxy) is 1. The summed E-state index contributed by atoms with van der Waals surface area (Å²) in [5, 5.41) is 0. The van der Waals surface area contributed by atoms with Gasteiger partial charge in [0.05, 0.1) is 5.56 Å². The maximum Gasteiger partial charge on any atom is 0.343 e. The molecular weight excluding hydrogens is 430 g/mol. The van der Waals surface area contributed by atoms with Crippen LogP contribution in [-0.2, 0) is 12.8 Å². The van der Waals surface area contributed by atoms with Crippen LogP contribution in [0, 0.1) is 11.6 Å². The third-order valence-corrected chi connectivity index (χ3v) is 6.07. The summed E-state index contributed by atoms with van der Waals surface area (Å²) in [5.41, 5.74) is 3.49. The number of rotatable bonds is 12. The molecule has 0 aliphatic heterocycles. The fourth-order valence-electron chi connectivity index (χ4n) is 3.97. The van der Waals surface area contributed by atoms with Crippen LogP contribution in [0.4, 0.5) is 8.78 Å². The molecule has 34 heavy (non-hydrogen) atoms. The number of hydrogen-bond acceptors (Lipinski definition) is 2. The molecule has 3 aromatic carbocycles. The van der Waals surface area contributed by atoms with E-state index in [-0.39, 0.29) is 11.6 Å². The van der Waals surface area contributed by atoms with E-state index >= 15 is 0 Å². The lowest BCUT2D eigenvalue weighted by Crippen LogP contribution is -2.09. The second kappa shape index (κ2) is 13.0. The lowest BCUT2D eigenvalue weighted by atomic mass is 9.99. The Morgan fingerprint density at radius 2 is 1.41 bits per heavy atom. The zero-order chi connectivity index (χ0) is 24.3. The average molecular weight is 465 g/mol. The quantitative estimate of drug-likeness (QED) is 0.152. The molecule has 0 aliphatic carbocycles. The summed E-state index contributed by atoms with van der Waals surface area (Å²) in [7, 11) is 0. The Labute approximate surface area is 202 Å². The molecule has 0 saturated carbocycles. The molecule has 0 N–H and O–H groups in total. The summed E-state index contributed by atoms with van der Waals surface area (Å²) >= 11 is 0. The number of carbonyl (C=O) groups is 1. The predicted octanol–water partition coefficient (Wildman–Crippen LogP) is 8.71. The van der Waals surface area contributed by atoms with Crippen LogP contribution in [0.3, 0.4) is 0 Å². The smallest absolute Gasteiger partial charge is 0.343 e. The Bertz CT molecular complexity index is 1070. The van der Waals surface area contributed by atoms with E-state index in [1.807, 2.05) is 12.1 Å². The number of unbranched alkanes of at least 4 members (excludes halogenated alkanes) is 5. The SMILES string of the molecule is CCCCCCCc1ccc(-c2ccc(C(=O)Oc3ccc(CCCC)cc3F)cc2)cc1F. The molecule has 0 radical (unpaired) electrons. The maximum absolute atomic E-state index is 14.6. The van der Waals surface area contributed by atoms with E-state index < -0.39 is 11.8 Å². The van der Waals surface area contributed by atoms with Crippen molar-refractivity contribution in [2.24, 2.45) is 0 Å².